The molecule has 0 radical (unpaired) electrons. The summed E-state index contributed by atoms with van der Waals surface area (Å²) in [6.07, 6.45) is 3.47. The average Bonchev–Trinajstić information content (AvgIpc) is 2.91. The van der Waals surface area contributed by atoms with Crippen LogP contribution in [-0.2, 0) is 26.8 Å². The number of nitrogens with zero attached hydrogens (tertiary/aromatic N) is 1. The lowest BCUT2D eigenvalue weighted by molar-refractivity contribution is -0.142. The van der Waals surface area contributed by atoms with Gasteiger partial charge in [-0.1, -0.05) is 75.4 Å². The van der Waals surface area contributed by atoms with E-state index < -0.39 is 44.0 Å². The third kappa shape index (κ3) is 10.6. The SMILES string of the molecule is CC(C)(C)OC(=O)NC(Cc1ccccc1)C(CC(Cc1ccc(-c2ccncc2)cc1)C(=O)O)O[Si](C)(C)C(C)(C)C. The number of benzene rings is 2. The van der Waals surface area contributed by atoms with Crippen LogP contribution in [0.1, 0.15) is 59.1 Å². The number of ether oxygens (including phenoxy) is 1. The lowest BCUT2D eigenvalue weighted by Gasteiger charge is -2.42. The van der Waals surface area contributed by atoms with Crippen molar-refractivity contribution in [2.24, 2.45) is 5.92 Å². The summed E-state index contributed by atoms with van der Waals surface area (Å²) in [7, 11) is -2.37. The summed E-state index contributed by atoms with van der Waals surface area (Å²) < 4.78 is 12.6. The highest BCUT2D eigenvalue weighted by molar-refractivity contribution is 6.74. The first-order valence-corrected chi connectivity index (χ1v) is 17.9. The molecule has 43 heavy (non-hydrogen) atoms. The minimum Gasteiger partial charge on any atom is -0.481 e. The van der Waals surface area contributed by atoms with E-state index in [0.717, 1.165) is 22.3 Å². The van der Waals surface area contributed by atoms with Crippen molar-refractivity contribution in [3.8, 4) is 11.1 Å². The van der Waals surface area contributed by atoms with Gasteiger partial charge < -0.3 is 19.6 Å². The average molecular weight is 605 g/mol. The van der Waals surface area contributed by atoms with E-state index in [2.05, 4.69) is 44.2 Å². The van der Waals surface area contributed by atoms with E-state index in [1.165, 1.54) is 0 Å². The number of carboxylic acids is 1. The number of hydrogen-bond donors (Lipinski definition) is 2. The topological polar surface area (TPSA) is 97.8 Å². The summed E-state index contributed by atoms with van der Waals surface area (Å²) in [5.41, 5.74) is 3.36. The van der Waals surface area contributed by atoms with E-state index in [1.54, 1.807) is 12.4 Å². The Kier molecular flexibility index (Phi) is 11.3. The molecular weight excluding hydrogens is 556 g/mol. The van der Waals surface area contributed by atoms with Crippen molar-refractivity contribution in [1.82, 2.24) is 10.3 Å². The Bertz CT molecular complexity index is 1320. The molecule has 0 aliphatic heterocycles. The van der Waals surface area contributed by atoms with Crippen molar-refractivity contribution in [3.05, 3.63) is 90.3 Å². The molecule has 0 aliphatic carbocycles. The number of alkyl carbamates (subject to hydrolysis) is 1. The summed E-state index contributed by atoms with van der Waals surface area (Å²) in [5, 5.41) is 13.4. The van der Waals surface area contributed by atoms with Gasteiger partial charge in [-0.2, -0.15) is 0 Å². The van der Waals surface area contributed by atoms with E-state index in [-0.39, 0.29) is 11.5 Å². The van der Waals surface area contributed by atoms with Gasteiger partial charge in [0.05, 0.1) is 18.1 Å². The standard InChI is InChI=1S/C35H48N2O5Si/c1-34(2,3)41-33(40)37-30(23-25-12-10-9-11-13-25)31(42-43(7,8)35(4,5)6)24-29(32(38)39)22-26-14-16-27(17-15-26)28-18-20-36-21-19-28/h9-21,29-31H,22-24H2,1-8H3,(H,37,40)(H,38,39). The van der Waals surface area contributed by atoms with Gasteiger partial charge in [0, 0.05) is 12.4 Å². The van der Waals surface area contributed by atoms with E-state index in [9.17, 15) is 14.7 Å². The van der Waals surface area contributed by atoms with Crippen molar-refractivity contribution < 1.29 is 23.9 Å². The first kappa shape index (κ1) is 34.0. The molecule has 0 fully saturated rings. The maximum Gasteiger partial charge on any atom is 0.407 e. The second-order valence-electron chi connectivity index (χ2n) is 13.8. The molecule has 3 atom stereocenters. The van der Waals surface area contributed by atoms with Gasteiger partial charge in [0.25, 0.3) is 0 Å². The quantitative estimate of drug-likeness (QED) is 0.204. The Morgan fingerprint density at radius 2 is 1.40 bits per heavy atom. The maximum absolute atomic E-state index is 13.1. The van der Waals surface area contributed by atoms with Crippen LogP contribution in [0.4, 0.5) is 4.79 Å². The Morgan fingerprint density at radius 1 is 0.837 bits per heavy atom. The summed E-state index contributed by atoms with van der Waals surface area (Å²) in [6.45, 7) is 16.2. The minimum absolute atomic E-state index is 0.115. The first-order valence-electron chi connectivity index (χ1n) is 15.0. The van der Waals surface area contributed by atoms with Gasteiger partial charge in [-0.3, -0.25) is 9.78 Å². The molecule has 3 aromatic rings. The molecule has 1 heterocycles. The fourth-order valence-corrected chi connectivity index (χ4v) is 6.04. The van der Waals surface area contributed by atoms with Crippen LogP contribution in [0.25, 0.3) is 11.1 Å². The van der Waals surface area contributed by atoms with Crippen LogP contribution in [0.2, 0.25) is 18.1 Å². The molecule has 2 aromatic carbocycles. The fraction of sp³-hybridized carbons (Fsp3) is 0.457. The first-order chi connectivity index (χ1) is 20.0. The van der Waals surface area contributed by atoms with E-state index in [0.29, 0.717) is 12.8 Å². The van der Waals surface area contributed by atoms with Crippen LogP contribution in [0, 0.1) is 5.92 Å². The molecule has 0 saturated heterocycles. The molecule has 7 nitrogen and oxygen atoms in total. The molecule has 0 spiro atoms. The Balaban J connectivity index is 1.94. The highest BCUT2D eigenvalue weighted by atomic mass is 28.4. The number of carbonyl (C=O) groups excluding carboxylic acids is 1. The summed E-state index contributed by atoms with van der Waals surface area (Å²) in [6, 6.07) is 21.3. The van der Waals surface area contributed by atoms with Crippen molar-refractivity contribution >= 4 is 20.4 Å². The third-order valence-electron chi connectivity index (χ3n) is 8.02. The molecular formula is C35H48N2O5Si. The number of carboxylic acid groups (broad SMARTS) is 1. The number of amides is 1. The van der Waals surface area contributed by atoms with Gasteiger partial charge in [0.1, 0.15) is 5.60 Å². The number of aromatic nitrogens is 1. The van der Waals surface area contributed by atoms with Gasteiger partial charge in [-0.25, -0.2) is 4.79 Å². The number of rotatable bonds is 12. The zero-order valence-electron chi connectivity index (χ0n) is 26.9. The second-order valence-corrected chi connectivity index (χ2v) is 18.5. The van der Waals surface area contributed by atoms with Crippen LogP contribution in [0.15, 0.2) is 79.1 Å². The largest absolute Gasteiger partial charge is 0.481 e. The van der Waals surface area contributed by atoms with Crippen LogP contribution in [0.3, 0.4) is 0 Å². The van der Waals surface area contributed by atoms with Crippen molar-refractivity contribution in [2.75, 3.05) is 0 Å². The number of pyridine rings is 1. The highest BCUT2D eigenvalue weighted by Crippen LogP contribution is 2.39. The summed E-state index contributed by atoms with van der Waals surface area (Å²) in [5.74, 6) is -1.61. The van der Waals surface area contributed by atoms with E-state index >= 15 is 0 Å². The van der Waals surface area contributed by atoms with Crippen LogP contribution in [-0.4, -0.2) is 48.2 Å². The van der Waals surface area contributed by atoms with Crippen LogP contribution < -0.4 is 5.32 Å². The minimum atomic E-state index is -2.37. The lowest BCUT2D eigenvalue weighted by atomic mass is 9.89. The smallest absolute Gasteiger partial charge is 0.407 e. The number of nitrogens with one attached hydrogen (secondary N) is 1. The molecule has 3 rings (SSSR count). The maximum atomic E-state index is 13.1. The monoisotopic (exact) mass is 604 g/mol. The fourth-order valence-electron chi connectivity index (χ4n) is 4.67. The van der Waals surface area contributed by atoms with E-state index in [4.69, 9.17) is 9.16 Å². The number of aliphatic carboxylic acids is 1. The van der Waals surface area contributed by atoms with E-state index in [1.807, 2.05) is 87.5 Å². The predicted molar refractivity (Wildman–Crippen MR) is 174 cm³/mol. The molecule has 8 heteroatoms. The number of carbonyl (C=O) groups is 2. The second kappa shape index (κ2) is 14.3. The molecule has 0 saturated carbocycles. The Morgan fingerprint density at radius 3 is 1.93 bits per heavy atom. The molecule has 3 unspecified atom stereocenters. The molecule has 0 aliphatic rings. The molecule has 2 N–H and O–H groups in total. The van der Waals surface area contributed by atoms with Gasteiger partial charge >= 0.3 is 12.1 Å². The highest BCUT2D eigenvalue weighted by Gasteiger charge is 2.42. The van der Waals surface area contributed by atoms with Gasteiger partial charge in [0.15, 0.2) is 8.32 Å². The molecule has 0 bridgehead atoms. The molecule has 1 aromatic heterocycles. The molecule has 232 valence electrons. The van der Waals surface area contributed by atoms with Crippen molar-refractivity contribution in [3.63, 3.8) is 0 Å². The lowest BCUT2D eigenvalue weighted by Crippen LogP contribution is -2.54. The van der Waals surface area contributed by atoms with Crippen LogP contribution in [0.5, 0.6) is 0 Å². The molecule has 1 amide bonds. The normalized spacial score (nSPS) is 14.4. The Hall–Kier alpha value is -3.49. The van der Waals surface area contributed by atoms with Gasteiger partial charge in [-0.15, -0.1) is 0 Å². The van der Waals surface area contributed by atoms with Gasteiger partial charge in [-0.05, 0) is 92.6 Å². The third-order valence-corrected chi connectivity index (χ3v) is 12.5. The van der Waals surface area contributed by atoms with Crippen molar-refractivity contribution in [2.45, 2.75) is 96.7 Å². The summed E-state index contributed by atoms with van der Waals surface area (Å²) >= 11 is 0. The number of hydrogen-bond acceptors (Lipinski definition) is 5. The zero-order valence-corrected chi connectivity index (χ0v) is 27.9. The summed E-state index contributed by atoms with van der Waals surface area (Å²) in [4.78, 5) is 29.9. The Labute approximate surface area is 258 Å². The zero-order chi connectivity index (χ0) is 31.8. The predicted octanol–water partition coefficient (Wildman–Crippen LogP) is 7.91. The van der Waals surface area contributed by atoms with Crippen molar-refractivity contribution in [1.29, 1.82) is 0 Å². The van der Waals surface area contributed by atoms with Crippen LogP contribution >= 0.6 is 0 Å². The van der Waals surface area contributed by atoms with Gasteiger partial charge in [0.2, 0.25) is 0 Å².